The van der Waals surface area contributed by atoms with Crippen molar-refractivity contribution >= 4 is 42.4 Å². The molecule has 0 saturated carbocycles. The smallest absolute Gasteiger partial charge is 0.358 e. The molecule has 1 unspecified atom stereocenters. The number of nitrogens with zero attached hydrogens (tertiary/aromatic N) is 3. The van der Waals surface area contributed by atoms with E-state index in [4.69, 9.17) is 0 Å². The fraction of sp³-hybridized carbons (Fsp3) is 0.333. The first-order chi connectivity index (χ1) is 6.43. The van der Waals surface area contributed by atoms with E-state index in [1.54, 1.807) is 6.92 Å². The fourth-order valence-corrected chi connectivity index (χ4v) is 1.53. The summed E-state index contributed by atoms with van der Waals surface area (Å²) in [5.41, 5.74) is 0. The number of aryl methyl sites for hydroxylation is 1. The molecule has 0 radical (unpaired) electrons. The van der Waals surface area contributed by atoms with Gasteiger partial charge in [-0.3, -0.25) is 9.36 Å². The van der Waals surface area contributed by atoms with Gasteiger partial charge in [0.25, 0.3) is 0 Å². The van der Waals surface area contributed by atoms with Crippen LogP contribution >= 0.6 is 31.9 Å². The van der Waals surface area contributed by atoms with E-state index in [0.29, 0.717) is 5.82 Å². The van der Waals surface area contributed by atoms with Gasteiger partial charge in [-0.05, 0) is 25.8 Å². The highest BCUT2D eigenvalue weighted by Gasteiger charge is 2.22. The Kier molecular flexibility index (Phi) is 3.38. The zero-order valence-electron chi connectivity index (χ0n) is 6.98. The van der Waals surface area contributed by atoms with Crippen molar-refractivity contribution in [3.8, 4) is 0 Å². The molecule has 0 aromatic carbocycles. The molecular formula is C6H5Br2N3O3. The quantitative estimate of drug-likeness (QED) is 0.368. The van der Waals surface area contributed by atoms with Crippen molar-refractivity contribution in [2.45, 2.75) is 11.9 Å². The van der Waals surface area contributed by atoms with Crippen molar-refractivity contribution in [2.24, 2.45) is 0 Å². The molecule has 0 aliphatic rings. The maximum atomic E-state index is 10.9. The topological polar surface area (TPSA) is 78.0 Å². The van der Waals surface area contributed by atoms with Crippen molar-refractivity contribution in [3.05, 3.63) is 22.1 Å². The highest BCUT2D eigenvalue weighted by molar-refractivity contribution is 9.19. The van der Waals surface area contributed by atoms with Crippen molar-refractivity contribution in [2.75, 3.05) is 0 Å². The molecule has 14 heavy (non-hydrogen) atoms. The van der Waals surface area contributed by atoms with Crippen LogP contribution in [0.4, 0.5) is 5.82 Å². The summed E-state index contributed by atoms with van der Waals surface area (Å²) < 4.78 is 1.04. The van der Waals surface area contributed by atoms with E-state index in [2.05, 4.69) is 36.8 Å². The van der Waals surface area contributed by atoms with Crippen LogP contribution in [0.2, 0.25) is 0 Å². The molecule has 0 spiro atoms. The largest absolute Gasteiger partial charge is 0.381 e. The van der Waals surface area contributed by atoms with Gasteiger partial charge in [0.15, 0.2) is 4.95 Å². The second-order valence-electron chi connectivity index (χ2n) is 2.45. The lowest BCUT2D eigenvalue weighted by atomic mass is 10.7. The van der Waals surface area contributed by atoms with Crippen LogP contribution in [0.15, 0.2) is 6.20 Å². The van der Waals surface area contributed by atoms with Gasteiger partial charge in [0.2, 0.25) is 10.5 Å². The lowest BCUT2D eigenvalue weighted by Gasteiger charge is -2.04. The van der Waals surface area contributed by atoms with Crippen LogP contribution in [0.1, 0.15) is 10.8 Å². The first-order valence-corrected chi connectivity index (χ1v) is 5.17. The van der Waals surface area contributed by atoms with Gasteiger partial charge in [-0.1, -0.05) is 15.9 Å². The minimum atomic E-state index is -0.677. The van der Waals surface area contributed by atoms with Crippen LogP contribution in [0.25, 0.3) is 0 Å². The lowest BCUT2D eigenvalue weighted by Crippen LogP contribution is -2.08. The second kappa shape index (κ2) is 4.18. The average molecular weight is 328 g/mol. The SMILES string of the molecule is Cc1nc([N+](=O)[O-])c[15n]1C(Br)C(=O)Br. The van der Waals surface area contributed by atoms with Gasteiger partial charge in [0.1, 0.15) is 6.20 Å². The molecule has 1 aromatic rings. The Morgan fingerprint density at radius 2 is 2.36 bits per heavy atom. The summed E-state index contributed by atoms with van der Waals surface area (Å²) >= 11 is 5.82. The molecule has 76 valence electrons. The Morgan fingerprint density at radius 1 is 1.79 bits per heavy atom. The highest BCUT2D eigenvalue weighted by Crippen LogP contribution is 2.23. The maximum absolute atomic E-state index is 10.9. The van der Waals surface area contributed by atoms with Gasteiger partial charge in [-0.2, -0.15) is 0 Å². The molecule has 8 heteroatoms. The molecule has 0 saturated heterocycles. The summed E-state index contributed by atoms with van der Waals surface area (Å²) in [5, 5.41) is 10.4. The number of halogens is 2. The number of alkyl halides is 1. The predicted octanol–water partition coefficient (Wildman–Crippen LogP) is 1.91. The molecule has 0 aliphatic carbocycles. The van der Waals surface area contributed by atoms with E-state index in [9.17, 15) is 14.9 Å². The minimum Gasteiger partial charge on any atom is -0.358 e. The minimum absolute atomic E-state index is 0.277. The monoisotopic (exact) mass is 326 g/mol. The third kappa shape index (κ3) is 2.18. The Balaban J connectivity index is 3.10. The molecule has 1 aromatic heterocycles. The molecule has 1 heterocycles. The Hall–Kier alpha value is -0.760. The standard InChI is InChI=1S/C6H5Br2N3O3/c1-3-9-4(11(13)14)2-10(3)5(7)6(8)12/h2,5H,1H3/i10+1. The molecule has 0 amide bonds. The zero-order valence-corrected chi connectivity index (χ0v) is 10.1. The van der Waals surface area contributed by atoms with E-state index in [0.717, 1.165) is 0 Å². The van der Waals surface area contributed by atoms with Crippen molar-refractivity contribution < 1.29 is 9.72 Å². The van der Waals surface area contributed by atoms with Crippen molar-refractivity contribution in [3.63, 3.8) is 0 Å². The van der Waals surface area contributed by atoms with E-state index in [-0.39, 0.29) is 10.5 Å². The van der Waals surface area contributed by atoms with Gasteiger partial charge >= 0.3 is 5.82 Å². The number of hydrogen-bond acceptors (Lipinski definition) is 4. The normalized spacial score (nSPS) is 12.5. The van der Waals surface area contributed by atoms with Crippen molar-refractivity contribution in [1.29, 1.82) is 0 Å². The lowest BCUT2D eigenvalue weighted by molar-refractivity contribution is -0.389. The summed E-state index contributed by atoms with van der Waals surface area (Å²) in [6.45, 7) is 1.58. The number of rotatable bonds is 3. The van der Waals surface area contributed by atoms with Gasteiger partial charge in [-0.15, -0.1) is 0 Å². The Labute approximate surface area is 95.7 Å². The van der Waals surface area contributed by atoms with Gasteiger partial charge in [-0.25, -0.2) is 0 Å². The summed E-state index contributed by atoms with van der Waals surface area (Å²) in [5.74, 6) is 0.118. The number of imidazole rings is 1. The van der Waals surface area contributed by atoms with E-state index in [1.807, 2.05) is 0 Å². The average Bonchev–Trinajstić information content (AvgIpc) is 2.46. The zero-order chi connectivity index (χ0) is 10.9. The molecular weight excluding hydrogens is 323 g/mol. The highest BCUT2D eigenvalue weighted by atomic mass is 79.9. The summed E-state index contributed by atoms with van der Waals surface area (Å²) in [4.78, 5) is 23.7. The summed E-state index contributed by atoms with van der Waals surface area (Å²) in [7, 11) is 0. The molecule has 6 nitrogen and oxygen atoms in total. The molecule has 1 atom stereocenters. The predicted molar refractivity (Wildman–Crippen MR) is 55.5 cm³/mol. The molecule has 0 bridgehead atoms. The van der Waals surface area contributed by atoms with Crippen LogP contribution in [0.5, 0.6) is 0 Å². The Morgan fingerprint density at radius 3 is 2.71 bits per heavy atom. The van der Waals surface area contributed by atoms with Gasteiger partial charge in [0, 0.05) is 6.92 Å². The molecule has 0 aliphatic heterocycles. The summed E-state index contributed by atoms with van der Waals surface area (Å²) in [6, 6.07) is 0. The van der Waals surface area contributed by atoms with Crippen LogP contribution in [-0.2, 0) is 4.79 Å². The van der Waals surface area contributed by atoms with Gasteiger partial charge in [0.05, 0.1) is 0 Å². The third-order valence-corrected chi connectivity index (χ3v) is 3.43. The first-order valence-electron chi connectivity index (χ1n) is 3.46. The number of hydrogen-bond donors (Lipinski definition) is 0. The number of aromatic nitrogens is 2. The van der Waals surface area contributed by atoms with E-state index in [1.165, 1.54) is 10.8 Å². The number of carbonyl (C=O) groups is 1. The Bertz CT molecular complexity index is 390. The van der Waals surface area contributed by atoms with Gasteiger partial charge < -0.3 is 10.1 Å². The third-order valence-electron chi connectivity index (χ3n) is 1.52. The van der Waals surface area contributed by atoms with Crippen molar-refractivity contribution in [1.82, 2.24) is 9.55 Å². The van der Waals surface area contributed by atoms with Crippen LogP contribution in [0, 0.1) is 17.0 Å². The van der Waals surface area contributed by atoms with Crippen LogP contribution in [0.3, 0.4) is 0 Å². The molecule has 0 N–H and O–H groups in total. The molecule has 1 rings (SSSR count). The maximum Gasteiger partial charge on any atom is 0.381 e. The molecule has 0 fully saturated rings. The summed E-state index contributed by atoms with van der Waals surface area (Å²) in [6.07, 6.45) is 1.20. The van der Waals surface area contributed by atoms with E-state index >= 15 is 0 Å². The van der Waals surface area contributed by atoms with Crippen LogP contribution in [-0.4, -0.2) is 19.2 Å². The van der Waals surface area contributed by atoms with Crippen LogP contribution < -0.4 is 0 Å². The van der Waals surface area contributed by atoms with E-state index < -0.39 is 9.87 Å². The first kappa shape index (κ1) is 11.3. The fourth-order valence-electron chi connectivity index (χ4n) is 0.897. The second-order valence-corrected chi connectivity index (χ2v) is 4.10. The number of nitro groups is 1. The number of carbonyl (C=O) groups excluding carboxylic acids is 1.